The molecule has 1 unspecified atom stereocenters. The van der Waals surface area contributed by atoms with Gasteiger partial charge in [0.05, 0.1) is 0 Å². The Bertz CT molecular complexity index is 575. The number of benzene rings is 1. The fourth-order valence-corrected chi connectivity index (χ4v) is 3.10. The first-order valence-corrected chi connectivity index (χ1v) is 8.96. The average Bonchev–Trinajstić information content (AvgIpc) is 2.85. The zero-order valence-corrected chi connectivity index (χ0v) is 16.0. The van der Waals surface area contributed by atoms with Crippen LogP contribution in [0, 0.1) is 5.92 Å². The van der Waals surface area contributed by atoms with Gasteiger partial charge >= 0.3 is 6.09 Å². The van der Waals surface area contributed by atoms with Gasteiger partial charge < -0.3 is 10.1 Å². The normalized spacial score (nSPS) is 15.5. The molecule has 0 bridgehead atoms. The van der Waals surface area contributed by atoms with Crippen LogP contribution in [0.25, 0.3) is 0 Å². The van der Waals surface area contributed by atoms with Crippen LogP contribution in [0.4, 0.5) is 4.79 Å². The van der Waals surface area contributed by atoms with Gasteiger partial charge in [-0.1, -0.05) is 32.0 Å². The van der Waals surface area contributed by atoms with E-state index >= 15 is 0 Å². The zero-order chi connectivity index (χ0) is 17.9. The van der Waals surface area contributed by atoms with Gasteiger partial charge in [-0.3, -0.25) is 4.90 Å². The molecule has 1 aromatic rings. The topological polar surface area (TPSA) is 41.6 Å². The van der Waals surface area contributed by atoms with E-state index in [-0.39, 0.29) is 6.09 Å². The van der Waals surface area contributed by atoms with Gasteiger partial charge in [-0.2, -0.15) is 0 Å². The van der Waals surface area contributed by atoms with Crippen LogP contribution in [0.3, 0.4) is 0 Å². The summed E-state index contributed by atoms with van der Waals surface area (Å²) in [6.45, 7) is 14.6. The van der Waals surface area contributed by atoms with Gasteiger partial charge in [0.25, 0.3) is 0 Å². The number of nitrogens with zero attached hydrogens (tertiary/aromatic N) is 1. The summed E-state index contributed by atoms with van der Waals surface area (Å²) in [5.41, 5.74) is 3.28. The van der Waals surface area contributed by atoms with Gasteiger partial charge in [-0.25, -0.2) is 4.79 Å². The maximum Gasteiger partial charge on any atom is 0.410 e. The van der Waals surface area contributed by atoms with Crippen LogP contribution in [0.1, 0.15) is 64.7 Å². The number of carbonyl (C=O) groups is 1. The quantitative estimate of drug-likeness (QED) is 0.865. The number of hydrogen-bond acceptors (Lipinski definition) is 3. The minimum atomic E-state index is -0.451. The largest absolute Gasteiger partial charge is 0.444 e. The number of nitrogens with one attached hydrogen (secondary N) is 1. The zero-order valence-electron chi connectivity index (χ0n) is 16.0. The Hall–Kier alpha value is -1.55. The van der Waals surface area contributed by atoms with Crippen LogP contribution < -0.4 is 5.32 Å². The fraction of sp³-hybridized carbons (Fsp3) is 0.650. The van der Waals surface area contributed by atoms with Gasteiger partial charge in [0.1, 0.15) is 5.60 Å². The van der Waals surface area contributed by atoms with Crippen molar-refractivity contribution in [3.63, 3.8) is 0 Å². The molecule has 1 heterocycles. The molecule has 2 rings (SSSR count). The molecule has 1 aliphatic heterocycles. The summed E-state index contributed by atoms with van der Waals surface area (Å²) < 4.78 is 5.47. The highest BCUT2D eigenvalue weighted by atomic mass is 16.6. The number of rotatable bonds is 5. The van der Waals surface area contributed by atoms with Crippen LogP contribution in [0.5, 0.6) is 0 Å². The molecule has 4 nitrogen and oxygen atoms in total. The third-order valence-electron chi connectivity index (χ3n) is 4.12. The average molecular weight is 332 g/mol. The first kappa shape index (κ1) is 18.8. The fourth-order valence-electron chi connectivity index (χ4n) is 3.10. The van der Waals surface area contributed by atoms with Crippen molar-refractivity contribution in [2.75, 3.05) is 0 Å². The van der Waals surface area contributed by atoms with E-state index in [1.54, 1.807) is 4.90 Å². The Labute approximate surface area is 146 Å². The lowest BCUT2D eigenvalue weighted by Crippen LogP contribution is -2.33. The van der Waals surface area contributed by atoms with E-state index in [9.17, 15) is 4.79 Å². The molecule has 0 fully saturated rings. The summed E-state index contributed by atoms with van der Waals surface area (Å²) in [5.74, 6) is 0.704. The summed E-state index contributed by atoms with van der Waals surface area (Å²) in [6.07, 6.45) is 0.945. The third kappa shape index (κ3) is 5.52. The molecule has 1 atom stereocenters. The molecule has 24 heavy (non-hydrogen) atoms. The van der Waals surface area contributed by atoms with Crippen molar-refractivity contribution in [1.82, 2.24) is 10.2 Å². The highest BCUT2D eigenvalue weighted by Crippen LogP contribution is 2.25. The van der Waals surface area contributed by atoms with Crippen LogP contribution in [0.15, 0.2) is 18.2 Å². The van der Waals surface area contributed by atoms with Crippen molar-refractivity contribution in [3.8, 4) is 0 Å². The first-order valence-electron chi connectivity index (χ1n) is 8.96. The monoisotopic (exact) mass is 332 g/mol. The lowest BCUT2D eigenvalue weighted by molar-refractivity contribution is 0.0242. The maximum absolute atomic E-state index is 12.2. The van der Waals surface area contributed by atoms with Crippen LogP contribution in [0.2, 0.25) is 0 Å². The minimum absolute atomic E-state index is 0.232. The van der Waals surface area contributed by atoms with Crippen molar-refractivity contribution in [3.05, 3.63) is 34.9 Å². The van der Waals surface area contributed by atoms with Crippen molar-refractivity contribution >= 4 is 6.09 Å². The summed E-state index contributed by atoms with van der Waals surface area (Å²) in [4.78, 5) is 14.0. The van der Waals surface area contributed by atoms with Gasteiger partial charge in [-0.15, -0.1) is 0 Å². The molecule has 0 radical (unpaired) electrons. The molecule has 0 aromatic heterocycles. The van der Waals surface area contributed by atoms with Crippen molar-refractivity contribution in [1.29, 1.82) is 0 Å². The van der Waals surface area contributed by atoms with Gasteiger partial charge in [-0.05, 0) is 56.7 Å². The number of hydrogen-bond donors (Lipinski definition) is 1. The second-order valence-electron chi connectivity index (χ2n) is 8.35. The molecule has 1 N–H and O–H groups in total. The first-order chi connectivity index (χ1) is 11.1. The van der Waals surface area contributed by atoms with Crippen LogP contribution >= 0.6 is 0 Å². The molecular weight excluding hydrogens is 300 g/mol. The summed E-state index contributed by atoms with van der Waals surface area (Å²) in [5, 5.41) is 3.58. The summed E-state index contributed by atoms with van der Waals surface area (Å²) in [7, 11) is 0. The minimum Gasteiger partial charge on any atom is -0.444 e. The van der Waals surface area contributed by atoms with Crippen LogP contribution in [-0.4, -0.2) is 22.6 Å². The highest BCUT2D eigenvalue weighted by Gasteiger charge is 2.27. The van der Waals surface area contributed by atoms with Gasteiger partial charge in [0.2, 0.25) is 0 Å². The van der Waals surface area contributed by atoms with E-state index in [0.29, 0.717) is 25.0 Å². The molecule has 0 aliphatic carbocycles. The number of amides is 1. The molecule has 0 saturated carbocycles. The van der Waals surface area contributed by atoms with E-state index in [0.717, 1.165) is 6.54 Å². The third-order valence-corrected chi connectivity index (χ3v) is 4.12. The lowest BCUT2D eigenvalue weighted by Gasteiger charge is -2.24. The Balaban J connectivity index is 1.92. The highest BCUT2D eigenvalue weighted by molar-refractivity contribution is 5.69. The number of carbonyl (C=O) groups excluding carboxylic acids is 1. The second-order valence-corrected chi connectivity index (χ2v) is 8.35. The molecule has 1 aliphatic rings. The molecule has 134 valence electrons. The molecule has 0 spiro atoms. The number of fused-ring (bicyclic) bond motifs is 1. The Morgan fingerprint density at radius 3 is 2.50 bits per heavy atom. The van der Waals surface area contributed by atoms with Crippen molar-refractivity contribution in [2.45, 2.75) is 79.2 Å². The second kappa shape index (κ2) is 7.56. The Morgan fingerprint density at radius 2 is 1.88 bits per heavy atom. The van der Waals surface area contributed by atoms with Crippen molar-refractivity contribution < 1.29 is 9.53 Å². The standard InChI is InChI=1S/C20H32N2O2/c1-14(2)9-15(3)21-11-16-7-8-17-12-22(13-18(17)10-16)19(23)24-20(4,5)6/h7-8,10,14-15,21H,9,11-13H2,1-6H3. The van der Waals surface area contributed by atoms with E-state index in [2.05, 4.69) is 44.3 Å². The molecule has 1 aromatic carbocycles. The van der Waals surface area contributed by atoms with Gasteiger partial charge in [0.15, 0.2) is 0 Å². The SMILES string of the molecule is CC(C)CC(C)NCc1ccc2c(c1)CN(C(=O)OC(C)(C)C)C2. The number of ether oxygens (including phenoxy) is 1. The summed E-state index contributed by atoms with van der Waals surface area (Å²) in [6, 6.07) is 7.03. The van der Waals surface area contributed by atoms with Crippen molar-refractivity contribution in [2.24, 2.45) is 5.92 Å². The predicted octanol–water partition coefficient (Wildman–Crippen LogP) is 4.46. The molecule has 0 saturated heterocycles. The molecule has 1 amide bonds. The van der Waals surface area contributed by atoms with E-state index in [4.69, 9.17) is 4.74 Å². The molecule has 4 heteroatoms. The van der Waals surface area contributed by atoms with E-state index < -0.39 is 5.60 Å². The smallest absolute Gasteiger partial charge is 0.410 e. The van der Waals surface area contributed by atoms with E-state index in [1.807, 2.05) is 20.8 Å². The Kier molecular flexibility index (Phi) is 5.92. The predicted molar refractivity (Wildman–Crippen MR) is 97.7 cm³/mol. The lowest BCUT2D eigenvalue weighted by atomic mass is 10.0. The van der Waals surface area contributed by atoms with E-state index in [1.165, 1.54) is 23.1 Å². The van der Waals surface area contributed by atoms with Crippen LogP contribution in [-0.2, 0) is 24.4 Å². The van der Waals surface area contributed by atoms with Gasteiger partial charge in [0, 0.05) is 25.7 Å². The maximum atomic E-state index is 12.2. The summed E-state index contributed by atoms with van der Waals surface area (Å²) >= 11 is 0. The Morgan fingerprint density at radius 1 is 1.21 bits per heavy atom. The molecular formula is C20H32N2O2.